The smallest absolute Gasteiger partial charge is 0.419 e. The third kappa shape index (κ3) is 5.29. The Hall–Kier alpha value is -3.51. The standard InChI is InChI=1S/C21H19F3N6O2S/c1-12(25)19(31)26-10-13-3-2-4-15(7-13)30-16(9-17(29-30)21(22,23)24)20-28-27-18(32-20)8-14-5-6-33-11-14/h2-7,9,11-12H,8,10,25H2,1H3,(H,26,31)/t12-/m0/s1. The zero-order valence-electron chi connectivity index (χ0n) is 17.3. The van der Waals surface area contributed by atoms with Crippen molar-refractivity contribution in [2.45, 2.75) is 32.1 Å². The molecule has 0 bridgehead atoms. The van der Waals surface area contributed by atoms with Gasteiger partial charge in [0.2, 0.25) is 11.8 Å². The second-order valence-electron chi connectivity index (χ2n) is 7.31. The number of aromatic nitrogens is 4. The van der Waals surface area contributed by atoms with E-state index in [1.807, 2.05) is 16.8 Å². The average molecular weight is 476 g/mol. The molecule has 4 aromatic rings. The molecule has 0 aliphatic rings. The first kappa shape index (κ1) is 22.7. The summed E-state index contributed by atoms with van der Waals surface area (Å²) in [5.74, 6) is -0.153. The Labute approximate surface area is 190 Å². The van der Waals surface area contributed by atoms with Crippen molar-refractivity contribution in [2.24, 2.45) is 5.73 Å². The van der Waals surface area contributed by atoms with Gasteiger partial charge < -0.3 is 15.5 Å². The maximum atomic E-state index is 13.4. The lowest BCUT2D eigenvalue weighted by Gasteiger charge is -2.10. The fourth-order valence-electron chi connectivity index (χ4n) is 3.01. The highest BCUT2D eigenvalue weighted by molar-refractivity contribution is 7.07. The first-order valence-corrected chi connectivity index (χ1v) is 10.8. The number of carbonyl (C=O) groups is 1. The Kier molecular flexibility index (Phi) is 6.29. The van der Waals surface area contributed by atoms with Gasteiger partial charge in [0.05, 0.1) is 18.2 Å². The van der Waals surface area contributed by atoms with Gasteiger partial charge in [-0.1, -0.05) is 12.1 Å². The van der Waals surface area contributed by atoms with Crippen LogP contribution in [0.25, 0.3) is 17.3 Å². The number of hydrogen-bond donors (Lipinski definition) is 2. The number of nitrogens with two attached hydrogens (primary N) is 1. The minimum Gasteiger partial charge on any atom is -0.419 e. The average Bonchev–Trinajstić information content (AvgIpc) is 3.52. The number of thiophene rings is 1. The molecule has 3 aromatic heterocycles. The summed E-state index contributed by atoms with van der Waals surface area (Å²) in [5, 5.41) is 18.1. The quantitative estimate of drug-likeness (QED) is 0.422. The van der Waals surface area contributed by atoms with Crippen LogP contribution in [0, 0.1) is 0 Å². The number of nitrogens with one attached hydrogen (secondary N) is 1. The summed E-state index contributed by atoms with van der Waals surface area (Å²) < 4.78 is 47.1. The summed E-state index contributed by atoms with van der Waals surface area (Å²) in [5.41, 5.74) is 6.40. The molecule has 0 fully saturated rings. The van der Waals surface area contributed by atoms with Crippen LogP contribution in [0.4, 0.5) is 13.2 Å². The van der Waals surface area contributed by atoms with E-state index in [1.165, 1.54) is 11.3 Å². The van der Waals surface area contributed by atoms with E-state index in [0.717, 1.165) is 16.3 Å². The third-order valence-electron chi connectivity index (χ3n) is 4.66. The van der Waals surface area contributed by atoms with Crippen molar-refractivity contribution in [3.05, 3.63) is 69.9 Å². The SMILES string of the molecule is C[C@H](N)C(=O)NCc1cccc(-n2nc(C(F)(F)F)cc2-c2nnc(Cc3ccsc3)o2)c1. The second kappa shape index (κ2) is 9.16. The molecule has 3 N–H and O–H groups in total. The van der Waals surface area contributed by atoms with Crippen LogP contribution >= 0.6 is 11.3 Å². The van der Waals surface area contributed by atoms with Gasteiger partial charge in [-0.15, -0.1) is 10.2 Å². The summed E-state index contributed by atoms with van der Waals surface area (Å²) in [6.45, 7) is 1.71. The van der Waals surface area contributed by atoms with Crippen LogP contribution < -0.4 is 11.1 Å². The van der Waals surface area contributed by atoms with E-state index in [9.17, 15) is 18.0 Å². The van der Waals surface area contributed by atoms with Gasteiger partial charge in [0.25, 0.3) is 5.89 Å². The Morgan fingerprint density at radius 3 is 2.76 bits per heavy atom. The van der Waals surface area contributed by atoms with Crippen molar-refractivity contribution < 1.29 is 22.4 Å². The highest BCUT2D eigenvalue weighted by Crippen LogP contribution is 2.33. The third-order valence-corrected chi connectivity index (χ3v) is 5.39. The molecule has 4 rings (SSSR count). The van der Waals surface area contributed by atoms with Gasteiger partial charge in [0, 0.05) is 12.6 Å². The van der Waals surface area contributed by atoms with Gasteiger partial charge in [-0.2, -0.15) is 29.6 Å². The molecule has 0 unspecified atom stereocenters. The zero-order chi connectivity index (χ0) is 23.6. The van der Waals surface area contributed by atoms with E-state index in [4.69, 9.17) is 10.2 Å². The molecule has 0 saturated carbocycles. The lowest BCUT2D eigenvalue weighted by Crippen LogP contribution is -2.37. The normalized spacial score (nSPS) is 12.6. The minimum atomic E-state index is -4.66. The van der Waals surface area contributed by atoms with Crippen molar-refractivity contribution in [3.63, 3.8) is 0 Å². The van der Waals surface area contributed by atoms with Crippen LogP contribution in [-0.2, 0) is 23.9 Å². The molecular weight excluding hydrogens is 457 g/mol. The van der Waals surface area contributed by atoms with Gasteiger partial charge in [-0.3, -0.25) is 4.79 Å². The van der Waals surface area contributed by atoms with Crippen LogP contribution in [0.3, 0.4) is 0 Å². The van der Waals surface area contributed by atoms with Gasteiger partial charge in [0.1, 0.15) is 5.69 Å². The fraction of sp³-hybridized carbons (Fsp3) is 0.238. The number of benzene rings is 1. The predicted octanol–water partition coefficient (Wildman–Crippen LogP) is 3.56. The van der Waals surface area contributed by atoms with Crippen molar-refractivity contribution in [1.82, 2.24) is 25.3 Å². The molecule has 33 heavy (non-hydrogen) atoms. The fourth-order valence-corrected chi connectivity index (χ4v) is 3.68. The number of amides is 1. The van der Waals surface area contributed by atoms with Gasteiger partial charge in [-0.05, 0) is 47.0 Å². The molecular formula is C21H19F3N6O2S. The van der Waals surface area contributed by atoms with Crippen LogP contribution in [0.1, 0.15) is 29.6 Å². The highest BCUT2D eigenvalue weighted by Gasteiger charge is 2.36. The Balaban J connectivity index is 1.67. The molecule has 0 radical (unpaired) electrons. The largest absolute Gasteiger partial charge is 0.435 e. The molecule has 0 saturated heterocycles. The van der Waals surface area contributed by atoms with Gasteiger partial charge in [-0.25, -0.2) is 4.68 Å². The van der Waals surface area contributed by atoms with Gasteiger partial charge >= 0.3 is 6.18 Å². The lowest BCUT2D eigenvalue weighted by atomic mass is 10.2. The number of carbonyl (C=O) groups excluding carboxylic acids is 1. The molecule has 3 heterocycles. The number of halogens is 3. The van der Waals surface area contributed by atoms with Gasteiger partial charge in [0.15, 0.2) is 5.69 Å². The molecule has 0 aliphatic heterocycles. The van der Waals surface area contributed by atoms with E-state index in [-0.39, 0.29) is 29.9 Å². The Bertz CT molecular complexity index is 1250. The van der Waals surface area contributed by atoms with Crippen LogP contribution in [-0.4, -0.2) is 31.9 Å². The Morgan fingerprint density at radius 2 is 2.06 bits per heavy atom. The van der Waals surface area contributed by atoms with Crippen molar-refractivity contribution >= 4 is 17.2 Å². The molecule has 0 spiro atoms. The topological polar surface area (TPSA) is 112 Å². The number of alkyl halides is 3. The highest BCUT2D eigenvalue weighted by atomic mass is 32.1. The van der Waals surface area contributed by atoms with Crippen molar-refractivity contribution in [1.29, 1.82) is 0 Å². The maximum absolute atomic E-state index is 13.4. The van der Waals surface area contributed by atoms with E-state index < -0.39 is 17.9 Å². The van der Waals surface area contributed by atoms with Crippen molar-refractivity contribution in [2.75, 3.05) is 0 Å². The van der Waals surface area contributed by atoms with E-state index in [0.29, 0.717) is 17.7 Å². The summed E-state index contributed by atoms with van der Waals surface area (Å²) in [7, 11) is 0. The van der Waals surface area contributed by atoms with Crippen LogP contribution in [0.2, 0.25) is 0 Å². The first-order valence-electron chi connectivity index (χ1n) is 9.84. The molecule has 8 nitrogen and oxygen atoms in total. The summed E-state index contributed by atoms with van der Waals surface area (Å²) >= 11 is 1.51. The summed E-state index contributed by atoms with van der Waals surface area (Å²) in [6, 6.07) is 8.67. The summed E-state index contributed by atoms with van der Waals surface area (Å²) in [4.78, 5) is 11.7. The van der Waals surface area contributed by atoms with Crippen molar-refractivity contribution in [3.8, 4) is 17.3 Å². The molecule has 0 aliphatic carbocycles. The van der Waals surface area contributed by atoms with E-state index in [1.54, 1.807) is 31.2 Å². The van der Waals surface area contributed by atoms with Crippen LogP contribution in [0.15, 0.2) is 51.6 Å². The molecule has 1 amide bonds. The summed E-state index contributed by atoms with van der Waals surface area (Å²) in [6.07, 6.45) is -4.30. The minimum absolute atomic E-state index is 0.00293. The molecule has 1 aromatic carbocycles. The lowest BCUT2D eigenvalue weighted by molar-refractivity contribution is -0.141. The predicted molar refractivity (Wildman–Crippen MR) is 114 cm³/mol. The van der Waals surface area contributed by atoms with E-state index in [2.05, 4.69) is 20.6 Å². The number of hydrogen-bond acceptors (Lipinski definition) is 7. The number of nitrogens with zero attached hydrogens (tertiary/aromatic N) is 4. The maximum Gasteiger partial charge on any atom is 0.435 e. The molecule has 1 atom stereocenters. The Morgan fingerprint density at radius 1 is 1.24 bits per heavy atom. The second-order valence-corrected chi connectivity index (χ2v) is 8.09. The molecule has 172 valence electrons. The first-order chi connectivity index (χ1) is 15.7. The number of rotatable bonds is 7. The monoisotopic (exact) mass is 476 g/mol. The van der Waals surface area contributed by atoms with Crippen LogP contribution in [0.5, 0.6) is 0 Å². The zero-order valence-corrected chi connectivity index (χ0v) is 18.2. The molecule has 12 heteroatoms. The van der Waals surface area contributed by atoms with E-state index >= 15 is 0 Å².